The number of aliphatic hydroxyl groups excluding tert-OH is 1. The molecule has 2 saturated heterocycles. The lowest BCUT2D eigenvalue weighted by Crippen LogP contribution is -2.70. The number of phenols is 1. The number of piperazine rings is 1. The second-order valence-corrected chi connectivity index (χ2v) is 17.1. The molecule has 13 heteroatoms. The molecule has 55 heavy (non-hydrogen) atoms. The van der Waals surface area contributed by atoms with Gasteiger partial charge in [-0.3, -0.25) is 15.1 Å². The summed E-state index contributed by atoms with van der Waals surface area (Å²) in [6.45, 7) is 9.47. The Morgan fingerprint density at radius 1 is 1.07 bits per heavy atom. The number of nitrogens with one attached hydrogen (secondary N) is 1. The van der Waals surface area contributed by atoms with Gasteiger partial charge in [0, 0.05) is 64.2 Å². The van der Waals surface area contributed by atoms with Crippen molar-refractivity contribution in [3.8, 4) is 23.0 Å². The monoisotopic (exact) mass is 768 g/mol. The molecular formula is C42H48N4O8S. The van der Waals surface area contributed by atoms with Crippen molar-refractivity contribution < 1.29 is 38.4 Å². The number of phenolic OH excluding ortho intramolecular Hbond substituents is 1. The van der Waals surface area contributed by atoms with E-state index < -0.39 is 17.7 Å². The van der Waals surface area contributed by atoms with Crippen molar-refractivity contribution in [3.63, 3.8) is 0 Å². The molecule has 8 atom stereocenters. The van der Waals surface area contributed by atoms with Crippen molar-refractivity contribution in [2.24, 2.45) is 5.73 Å². The number of furan rings is 1. The lowest BCUT2D eigenvalue weighted by Gasteiger charge is -2.62. The molecule has 2 fully saturated rings. The normalized spacial score (nSPS) is 31.0. The molecule has 7 aliphatic heterocycles. The summed E-state index contributed by atoms with van der Waals surface area (Å²) in [7, 11) is 1.60. The van der Waals surface area contributed by atoms with Crippen LogP contribution in [0.3, 0.4) is 0 Å². The molecule has 3 aromatic carbocycles. The number of fused-ring (bicyclic) bond motifs is 12. The first kappa shape index (κ1) is 35.4. The first-order chi connectivity index (χ1) is 26.6. The Morgan fingerprint density at radius 3 is 2.65 bits per heavy atom. The molecule has 0 amide bonds. The van der Waals surface area contributed by atoms with Crippen LogP contribution in [0.25, 0.3) is 11.0 Å². The van der Waals surface area contributed by atoms with E-state index >= 15 is 0 Å². The molecule has 0 aliphatic carbocycles. The van der Waals surface area contributed by atoms with Gasteiger partial charge >= 0.3 is 5.97 Å². The number of ether oxygens (including phenoxy) is 4. The van der Waals surface area contributed by atoms with Crippen LogP contribution in [0.15, 0.2) is 34.7 Å². The van der Waals surface area contributed by atoms with Crippen molar-refractivity contribution in [2.45, 2.75) is 94.2 Å². The number of nitrogens with zero attached hydrogens (tertiary/aromatic N) is 2. The minimum Gasteiger partial charge on any atom is -0.504 e. The first-order valence-electron chi connectivity index (χ1n) is 19.4. The van der Waals surface area contributed by atoms with E-state index in [0.29, 0.717) is 55.2 Å². The minimum absolute atomic E-state index is 0.0880. The number of likely N-dealkylation sites (N-methyl/N-ethyl adjacent to an activating group) is 1. The number of hydrogen-bond donors (Lipinski definition) is 4. The van der Waals surface area contributed by atoms with Gasteiger partial charge in [0.05, 0.1) is 25.8 Å². The van der Waals surface area contributed by atoms with E-state index in [4.69, 9.17) is 29.1 Å². The topological polar surface area (TPSA) is 152 Å². The molecule has 5 N–H and O–H groups in total. The van der Waals surface area contributed by atoms with Crippen LogP contribution in [-0.4, -0.2) is 89.7 Å². The maximum absolute atomic E-state index is 14.8. The number of thioether (sulfide) groups is 1. The fourth-order valence-corrected chi connectivity index (χ4v) is 12.7. The van der Waals surface area contributed by atoms with E-state index in [1.807, 2.05) is 31.2 Å². The van der Waals surface area contributed by atoms with Crippen LogP contribution in [0.5, 0.6) is 23.0 Å². The molecule has 1 aromatic heterocycles. The van der Waals surface area contributed by atoms with Crippen LogP contribution in [0, 0.1) is 20.8 Å². The van der Waals surface area contributed by atoms with Crippen LogP contribution in [0.2, 0.25) is 0 Å². The van der Waals surface area contributed by atoms with E-state index in [0.717, 1.165) is 55.6 Å². The lowest BCUT2D eigenvalue weighted by molar-refractivity contribution is -0.181. The Kier molecular flexibility index (Phi) is 8.23. The van der Waals surface area contributed by atoms with Crippen molar-refractivity contribution in [1.29, 1.82) is 0 Å². The summed E-state index contributed by atoms with van der Waals surface area (Å²) in [4.78, 5) is 19.5. The molecular weight excluding hydrogens is 721 g/mol. The predicted molar refractivity (Wildman–Crippen MR) is 207 cm³/mol. The van der Waals surface area contributed by atoms with Gasteiger partial charge in [-0.2, -0.15) is 0 Å². The van der Waals surface area contributed by atoms with E-state index in [9.17, 15) is 15.0 Å². The fraction of sp³-hybridized carbons (Fsp3) is 0.500. The zero-order chi connectivity index (χ0) is 38.1. The number of methoxy groups -OCH3 is 1. The van der Waals surface area contributed by atoms with Gasteiger partial charge in [0.25, 0.3) is 0 Å². The maximum atomic E-state index is 14.8. The number of nitrogens with two attached hydrogens (primary N) is 1. The van der Waals surface area contributed by atoms with Gasteiger partial charge in [0.2, 0.25) is 6.79 Å². The molecule has 12 nitrogen and oxygen atoms in total. The number of aryl methyl sites for hydroxylation is 1. The molecule has 7 aliphatic rings. The Bertz CT molecular complexity index is 2260. The number of hydrogen-bond acceptors (Lipinski definition) is 13. The Balaban J connectivity index is 1.23. The summed E-state index contributed by atoms with van der Waals surface area (Å²) in [6, 6.07) is 8.53. The third kappa shape index (κ3) is 4.74. The average Bonchev–Trinajstić information content (AvgIpc) is 3.82. The number of esters is 1. The van der Waals surface area contributed by atoms with Gasteiger partial charge < -0.3 is 39.3 Å². The van der Waals surface area contributed by atoms with Crippen LogP contribution in [0.1, 0.15) is 80.9 Å². The Labute approximate surface area is 324 Å². The van der Waals surface area contributed by atoms with E-state index in [-0.39, 0.29) is 60.4 Å². The smallest absolute Gasteiger partial charge is 0.335 e. The van der Waals surface area contributed by atoms with E-state index in [1.165, 1.54) is 0 Å². The lowest BCUT2D eigenvalue weighted by atomic mass is 9.71. The molecule has 8 heterocycles. The molecule has 290 valence electrons. The van der Waals surface area contributed by atoms with Gasteiger partial charge in [0.15, 0.2) is 28.5 Å². The van der Waals surface area contributed by atoms with E-state index in [1.54, 1.807) is 18.9 Å². The van der Waals surface area contributed by atoms with E-state index in [2.05, 4.69) is 42.0 Å². The average molecular weight is 769 g/mol. The number of para-hydroxylation sites is 1. The number of aliphatic hydroxyl groups is 1. The highest BCUT2D eigenvalue weighted by atomic mass is 32.2. The summed E-state index contributed by atoms with van der Waals surface area (Å²) in [5.41, 5.74) is 13.6. The molecule has 4 bridgehead atoms. The summed E-state index contributed by atoms with van der Waals surface area (Å²) in [5.74, 6) is 2.45. The van der Waals surface area contributed by atoms with Gasteiger partial charge in [0.1, 0.15) is 17.6 Å². The molecule has 1 spiro atoms. The SMILES string of the molecule is CCN1[C@@H]2c3c(cc(C)c(OC)c3O)C[C@H]1[C@H](O)N1[C@H]2[C@@H]2SC[C@]3(N[C@@H](CN)Cc4c3oc3ccccc43)C(=O)OCC[C@H]1c1c3c(c(C)c(C)c12)OCO3. The van der Waals surface area contributed by atoms with Gasteiger partial charge in [-0.05, 0) is 74.0 Å². The second kappa shape index (κ2) is 12.8. The van der Waals surface area contributed by atoms with Gasteiger partial charge in [-0.1, -0.05) is 31.2 Å². The third-order valence-corrected chi connectivity index (χ3v) is 14.9. The highest BCUT2D eigenvalue weighted by molar-refractivity contribution is 7.99. The molecule has 0 radical (unpaired) electrons. The van der Waals surface area contributed by atoms with Crippen molar-refractivity contribution in [1.82, 2.24) is 15.1 Å². The largest absolute Gasteiger partial charge is 0.504 e. The van der Waals surface area contributed by atoms with Crippen LogP contribution in [-0.2, 0) is 27.9 Å². The van der Waals surface area contributed by atoms with Crippen molar-refractivity contribution in [3.05, 3.63) is 80.6 Å². The third-order valence-electron chi connectivity index (χ3n) is 13.4. The number of rotatable bonds is 3. The van der Waals surface area contributed by atoms with Crippen LogP contribution < -0.4 is 25.3 Å². The minimum atomic E-state index is -1.35. The molecule has 11 rings (SSSR count). The van der Waals surface area contributed by atoms with Crippen LogP contribution in [0.4, 0.5) is 0 Å². The predicted octanol–water partition coefficient (Wildman–Crippen LogP) is 4.94. The summed E-state index contributed by atoms with van der Waals surface area (Å²) < 4.78 is 31.3. The number of carbonyl (C=O) groups excluding carboxylic acids is 1. The number of aromatic hydroxyl groups is 1. The zero-order valence-electron chi connectivity index (χ0n) is 31.8. The van der Waals surface area contributed by atoms with Gasteiger partial charge in [-0.15, -0.1) is 11.8 Å². The first-order valence-corrected chi connectivity index (χ1v) is 20.5. The number of carbonyl (C=O) groups is 1. The Morgan fingerprint density at radius 2 is 1.87 bits per heavy atom. The second-order valence-electron chi connectivity index (χ2n) is 16.0. The molecule has 0 unspecified atom stereocenters. The molecule has 4 aromatic rings. The highest BCUT2D eigenvalue weighted by Gasteiger charge is 2.61. The maximum Gasteiger partial charge on any atom is 0.335 e. The zero-order valence-corrected chi connectivity index (χ0v) is 32.6. The Hall–Kier alpha value is -3.98. The quantitative estimate of drug-likeness (QED) is 0.209. The van der Waals surface area contributed by atoms with Crippen molar-refractivity contribution in [2.75, 3.05) is 39.4 Å². The molecule has 0 saturated carbocycles. The van der Waals surface area contributed by atoms with Gasteiger partial charge in [-0.25, -0.2) is 4.79 Å². The number of benzene rings is 3. The standard InChI is InChI=1S/C42H48N4O8S/c1-6-45-27-14-22-13-19(2)35(50-5)34(47)30(22)32(45)33-38-29-20(3)21(4)36-37(53-18-52-36)31(29)26(46(33)40(27)48)11-12-51-41(49)42(17-55-38)39-25(15-23(16-43)44-42)24-9-7-8-10-28(24)54-39/h7-10,13,23,26-27,32-33,38,40,44,47-48H,6,11-12,14-18,43H2,1-5H3/t23-,26+,27+,32-,33-,38-,40+,42-/m1/s1. The van der Waals surface area contributed by atoms with Crippen molar-refractivity contribution >= 4 is 28.7 Å². The summed E-state index contributed by atoms with van der Waals surface area (Å²) in [5, 5.41) is 29.3. The highest BCUT2D eigenvalue weighted by Crippen LogP contribution is 2.63. The van der Waals surface area contributed by atoms with Crippen LogP contribution >= 0.6 is 11.8 Å². The summed E-state index contributed by atoms with van der Waals surface area (Å²) in [6.07, 6.45) is 0.698. The fourth-order valence-electron chi connectivity index (χ4n) is 11.0. The summed E-state index contributed by atoms with van der Waals surface area (Å²) >= 11 is 1.66.